The molecule has 7 heteroatoms. The van der Waals surface area contributed by atoms with Crippen LogP contribution >= 0.6 is 0 Å². The van der Waals surface area contributed by atoms with Crippen LogP contribution < -0.4 is 19.9 Å². The Morgan fingerprint density at radius 3 is 1.41 bits per heavy atom. The second kappa shape index (κ2) is 7.74. The van der Waals surface area contributed by atoms with Crippen LogP contribution in [0.15, 0.2) is 48.5 Å². The molecule has 2 N–H and O–H groups in total. The Morgan fingerprint density at radius 1 is 0.704 bits per heavy atom. The van der Waals surface area contributed by atoms with Gasteiger partial charge in [-0.05, 0) is 74.2 Å². The Balaban J connectivity index is 1.23. The molecule has 0 heterocycles. The van der Waals surface area contributed by atoms with Gasteiger partial charge >= 0.3 is 7.69 Å². The summed E-state index contributed by atoms with van der Waals surface area (Å²) in [7, 11) is 1.22. The Hall–Kier alpha value is -2.96. The van der Waals surface area contributed by atoms with Crippen LogP contribution in [0.3, 0.4) is 0 Å². The van der Waals surface area contributed by atoms with E-state index in [1.54, 1.807) is 48.5 Å². The van der Waals surface area contributed by atoms with Gasteiger partial charge in [0, 0.05) is 23.2 Å². The van der Waals surface area contributed by atoms with E-state index >= 15 is 0 Å². The highest BCUT2D eigenvalue weighted by Gasteiger charge is 2.24. The lowest BCUT2D eigenvalue weighted by atomic mass is 10.2. The number of hydrogen-bond acceptors (Lipinski definition) is 4. The van der Waals surface area contributed by atoms with Gasteiger partial charge in [0.15, 0.2) is 0 Å². The molecule has 0 spiro atoms. The Bertz CT molecular complexity index is 745. The van der Waals surface area contributed by atoms with Crippen LogP contribution in [0.2, 0.25) is 0 Å². The SMILES string of the molecule is O=C(NC1CC1)c1ccc(O[B]Oc2ccc(C(=O)NC3CC3)cc2)cc1. The van der Waals surface area contributed by atoms with E-state index in [0.717, 1.165) is 25.7 Å². The largest absolute Gasteiger partial charge is 0.658 e. The van der Waals surface area contributed by atoms with E-state index in [-0.39, 0.29) is 11.8 Å². The summed E-state index contributed by atoms with van der Waals surface area (Å²) in [6.07, 6.45) is 4.24. The Kier molecular flexibility index (Phi) is 5.00. The van der Waals surface area contributed by atoms with Crippen LogP contribution in [-0.2, 0) is 0 Å². The molecule has 2 aromatic carbocycles. The van der Waals surface area contributed by atoms with Gasteiger partial charge in [-0.15, -0.1) is 0 Å². The van der Waals surface area contributed by atoms with Crippen molar-refractivity contribution in [3.05, 3.63) is 59.7 Å². The average Bonchev–Trinajstić information content (AvgIpc) is 3.60. The highest BCUT2D eigenvalue weighted by Crippen LogP contribution is 2.21. The normalized spacial score (nSPS) is 15.6. The molecule has 27 heavy (non-hydrogen) atoms. The number of amides is 2. The lowest BCUT2D eigenvalue weighted by molar-refractivity contribution is 0.0942. The van der Waals surface area contributed by atoms with E-state index in [4.69, 9.17) is 9.31 Å². The molecular formula is C20H20BN2O4. The maximum Gasteiger partial charge on any atom is 0.658 e. The van der Waals surface area contributed by atoms with Gasteiger partial charge in [0.2, 0.25) is 0 Å². The van der Waals surface area contributed by atoms with Gasteiger partial charge in [0.25, 0.3) is 11.8 Å². The van der Waals surface area contributed by atoms with Gasteiger partial charge in [-0.25, -0.2) is 0 Å². The number of benzene rings is 2. The minimum atomic E-state index is -0.0601. The van der Waals surface area contributed by atoms with Crippen LogP contribution in [0.4, 0.5) is 0 Å². The third kappa shape index (κ3) is 5.03. The van der Waals surface area contributed by atoms with Crippen molar-refractivity contribution in [2.75, 3.05) is 0 Å². The van der Waals surface area contributed by atoms with E-state index in [0.29, 0.717) is 34.7 Å². The summed E-state index contributed by atoms with van der Waals surface area (Å²) in [6.45, 7) is 0. The van der Waals surface area contributed by atoms with E-state index in [1.165, 1.54) is 7.69 Å². The van der Waals surface area contributed by atoms with E-state index in [1.807, 2.05) is 0 Å². The van der Waals surface area contributed by atoms with E-state index in [2.05, 4.69) is 10.6 Å². The first-order valence-corrected chi connectivity index (χ1v) is 9.14. The molecular weight excluding hydrogens is 343 g/mol. The Morgan fingerprint density at radius 2 is 1.07 bits per heavy atom. The van der Waals surface area contributed by atoms with Crippen LogP contribution in [-0.4, -0.2) is 31.6 Å². The molecule has 2 aliphatic carbocycles. The van der Waals surface area contributed by atoms with Crippen molar-refractivity contribution in [1.29, 1.82) is 0 Å². The van der Waals surface area contributed by atoms with Gasteiger partial charge in [-0.3, -0.25) is 9.59 Å². The second-order valence-electron chi connectivity index (χ2n) is 6.88. The maximum atomic E-state index is 11.9. The minimum absolute atomic E-state index is 0.0601. The standard InChI is InChI=1S/C20H20BN2O4/c24-19(22-15-5-6-15)13-1-9-17(10-2-13)26-21-27-18-11-3-14(4-12-18)20(25)23-16-7-8-16/h1-4,9-12,15-16H,5-8H2,(H,22,24)(H,23,25). The van der Waals surface area contributed by atoms with Crippen molar-refractivity contribution in [2.24, 2.45) is 0 Å². The molecule has 2 amide bonds. The first kappa shape index (κ1) is 17.5. The van der Waals surface area contributed by atoms with Crippen molar-refractivity contribution in [1.82, 2.24) is 10.6 Å². The molecule has 2 aromatic rings. The molecule has 6 nitrogen and oxygen atoms in total. The topological polar surface area (TPSA) is 76.7 Å². The molecule has 0 atom stereocenters. The molecule has 2 fully saturated rings. The molecule has 0 aliphatic heterocycles. The third-order valence-electron chi connectivity index (χ3n) is 4.43. The minimum Gasteiger partial charge on any atom is -0.526 e. The summed E-state index contributed by atoms with van der Waals surface area (Å²) in [6, 6.07) is 14.4. The second-order valence-corrected chi connectivity index (χ2v) is 6.88. The highest BCUT2D eigenvalue weighted by molar-refractivity contribution is 6.20. The number of rotatable bonds is 8. The zero-order valence-corrected chi connectivity index (χ0v) is 14.8. The number of carbonyl (C=O) groups excluding carboxylic acids is 2. The van der Waals surface area contributed by atoms with Crippen molar-refractivity contribution in [3.8, 4) is 11.5 Å². The summed E-state index contributed by atoms with van der Waals surface area (Å²) in [5.74, 6) is 1.02. The fraction of sp³-hybridized carbons (Fsp3) is 0.300. The molecule has 0 bridgehead atoms. The first-order valence-electron chi connectivity index (χ1n) is 9.14. The van der Waals surface area contributed by atoms with E-state index in [9.17, 15) is 9.59 Å². The summed E-state index contributed by atoms with van der Waals surface area (Å²) in [4.78, 5) is 23.9. The zero-order chi connectivity index (χ0) is 18.6. The van der Waals surface area contributed by atoms with Gasteiger partial charge in [0.1, 0.15) is 11.5 Å². The smallest absolute Gasteiger partial charge is 0.526 e. The third-order valence-corrected chi connectivity index (χ3v) is 4.43. The van der Waals surface area contributed by atoms with Crippen molar-refractivity contribution in [3.63, 3.8) is 0 Å². The molecule has 137 valence electrons. The fourth-order valence-electron chi connectivity index (χ4n) is 2.50. The quantitative estimate of drug-likeness (QED) is 0.707. The maximum absolute atomic E-state index is 11.9. The van der Waals surface area contributed by atoms with Crippen LogP contribution in [0.25, 0.3) is 0 Å². The molecule has 2 saturated carbocycles. The molecule has 4 rings (SSSR count). The molecule has 0 aromatic heterocycles. The summed E-state index contributed by atoms with van der Waals surface area (Å²) in [5.41, 5.74) is 1.21. The Labute approximate surface area is 158 Å². The average molecular weight is 363 g/mol. The summed E-state index contributed by atoms with van der Waals surface area (Å²) in [5, 5.41) is 5.88. The van der Waals surface area contributed by atoms with Gasteiger partial charge in [-0.2, -0.15) is 0 Å². The predicted octanol–water partition coefficient (Wildman–Crippen LogP) is 2.46. The molecule has 0 saturated heterocycles. The molecule has 0 unspecified atom stereocenters. The molecule has 2 aliphatic rings. The zero-order valence-electron chi connectivity index (χ0n) is 14.8. The molecule has 1 radical (unpaired) electrons. The lowest BCUT2D eigenvalue weighted by Gasteiger charge is -2.08. The summed E-state index contributed by atoms with van der Waals surface area (Å²) < 4.78 is 10.8. The number of hydrogen-bond donors (Lipinski definition) is 2. The van der Waals surface area contributed by atoms with Crippen LogP contribution in [0, 0.1) is 0 Å². The van der Waals surface area contributed by atoms with Gasteiger partial charge in [-0.1, -0.05) is 0 Å². The number of carbonyl (C=O) groups is 2. The van der Waals surface area contributed by atoms with E-state index < -0.39 is 0 Å². The fourth-order valence-corrected chi connectivity index (χ4v) is 2.50. The van der Waals surface area contributed by atoms with Gasteiger partial charge in [0.05, 0.1) is 0 Å². The van der Waals surface area contributed by atoms with Crippen LogP contribution in [0.5, 0.6) is 11.5 Å². The van der Waals surface area contributed by atoms with Crippen molar-refractivity contribution < 1.29 is 18.9 Å². The highest BCUT2D eigenvalue weighted by atomic mass is 16.6. The van der Waals surface area contributed by atoms with Gasteiger partial charge < -0.3 is 19.9 Å². The van der Waals surface area contributed by atoms with Crippen LogP contribution in [0.1, 0.15) is 46.4 Å². The predicted molar refractivity (Wildman–Crippen MR) is 101 cm³/mol. The van der Waals surface area contributed by atoms with Crippen molar-refractivity contribution in [2.45, 2.75) is 37.8 Å². The lowest BCUT2D eigenvalue weighted by Crippen LogP contribution is -2.25. The number of nitrogens with one attached hydrogen (secondary N) is 2. The van der Waals surface area contributed by atoms with Crippen molar-refractivity contribution >= 4 is 19.5 Å². The first-order chi connectivity index (χ1) is 13.2. The monoisotopic (exact) mass is 363 g/mol. The summed E-state index contributed by atoms with van der Waals surface area (Å²) >= 11 is 0.